The Bertz CT molecular complexity index is 607. The minimum atomic E-state index is 0.443. The molecule has 21 heavy (non-hydrogen) atoms. The zero-order valence-corrected chi connectivity index (χ0v) is 13.1. The fraction of sp³-hybridized carbons (Fsp3) is 0.375. The zero-order chi connectivity index (χ0) is 15.4. The molecule has 2 rings (SSSR count). The lowest BCUT2D eigenvalue weighted by Crippen LogP contribution is -2.15. The molecular formula is C16H22N4O. The smallest absolute Gasteiger partial charge is 0.242 e. The number of ether oxygens (including phenoxy) is 1. The molecule has 0 radical (unpaired) electrons. The molecule has 0 fully saturated rings. The van der Waals surface area contributed by atoms with Crippen LogP contribution in [0.4, 0.5) is 17.2 Å². The maximum atomic E-state index is 6.15. The summed E-state index contributed by atoms with van der Waals surface area (Å²) < 4.78 is 5.56. The van der Waals surface area contributed by atoms with E-state index in [1.165, 1.54) is 17.5 Å². The van der Waals surface area contributed by atoms with Crippen LogP contribution in [0.2, 0.25) is 0 Å². The Morgan fingerprint density at radius 3 is 2.43 bits per heavy atom. The molecule has 5 heteroatoms. The maximum Gasteiger partial charge on any atom is 0.242 e. The Hall–Kier alpha value is -2.30. The first-order valence-corrected chi connectivity index (χ1v) is 7.08. The maximum absolute atomic E-state index is 6.15. The predicted octanol–water partition coefficient (Wildman–Crippen LogP) is 3.23. The van der Waals surface area contributed by atoms with E-state index in [0.717, 1.165) is 12.1 Å². The van der Waals surface area contributed by atoms with E-state index in [4.69, 9.17) is 10.5 Å². The molecule has 0 spiro atoms. The molecule has 5 nitrogen and oxygen atoms in total. The summed E-state index contributed by atoms with van der Waals surface area (Å²) in [4.78, 5) is 10.3. The highest BCUT2D eigenvalue weighted by molar-refractivity contribution is 5.74. The van der Waals surface area contributed by atoms with Crippen LogP contribution in [0.1, 0.15) is 24.5 Å². The van der Waals surface area contributed by atoms with Crippen LogP contribution in [0.5, 0.6) is 5.88 Å². The minimum absolute atomic E-state index is 0.443. The molecule has 2 aromatic rings. The Morgan fingerprint density at radius 2 is 1.81 bits per heavy atom. The first-order valence-electron chi connectivity index (χ1n) is 7.08. The largest absolute Gasteiger partial charge is 0.476 e. The number of hydrogen-bond acceptors (Lipinski definition) is 5. The number of anilines is 3. The number of nitrogen functional groups attached to an aromatic ring is 1. The number of hydrogen-bond donors (Lipinski definition) is 1. The number of nitrogens with zero attached hydrogens (tertiary/aromatic N) is 3. The van der Waals surface area contributed by atoms with Gasteiger partial charge in [0.15, 0.2) is 5.82 Å². The molecule has 112 valence electrons. The van der Waals surface area contributed by atoms with Crippen LogP contribution in [-0.4, -0.2) is 23.6 Å². The molecule has 0 amide bonds. The molecule has 0 aliphatic heterocycles. The standard InChI is InChI=1S/C16H22N4O/c1-5-6-21-16-14(17)15(18-10-19-16)20(4)13-8-11(2)7-12(3)9-13/h7-10H,5-6,17H2,1-4H3. The van der Waals surface area contributed by atoms with Crippen LogP contribution in [0.3, 0.4) is 0 Å². The van der Waals surface area contributed by atoms with Gasteiger partial charge in [0.25, 0.3) is 0 Å². The van der Waals surface area contributed by atoms with Gasteiger partial charge in [0.2, 0.25) is 5.88 Å². The van der Waals surface area contributed by atoms with Crippen molar-refractivity contribution in [2.24, 2.45) is 0 Å². The average Bonchev–Trinajstić information content (AvgIpc) is 2.44. The van der Waals surface area contributed by atoms with E-state index in [1.54, 1.807) is 0 Å². The number of rotatable bonds is 5. The van der Waals surface area contributed by atoms with Gasteiger partial charge < -0.3 is 15.4 Å². The highest BCUT2D eigenvalue weighted by Gasteiger charge is 2.14. The summed E-state index contributed by atoms with van der Waals surface area (Å²) in [6.07, 6.45) is 2.39. The van der Waals surface area contributed by atoms with E-state index in [1.807, 2.05) is 18.9 Å². The second kappa shape index (κ2) is 6.43. The van der Waals surface area contributed by atoms with Gasteiger partial charge in [0, 0.05) is 12.7 Å². The summed E-state index contributed by atoms with van der Waals surface area (Å²) in [5.41, 5.74) is 10.1. The predicted molar refractivity (Wildman–Crippen MR) is 86.2 cm³/mol. The normalized spacial score (nSPS) is 10.5. The second-order valence-corrected chi connectivity index (χ2v) is 5.17. The Balaban J connectivity index is 2.36. The minimum Gasteiger partial charge on any atom is -0.476 e. The lowest BCUT2D eigenvalue weighted by molar-refractivity contribution is 0.306. The van der Waals surface area contributed by atoms with E-state index in [-0.39, 0.29) is 0 Å². The van der Waals surface area contributed by atoms with Crippen molar-refractivity contribution in [2.45, 2.75) is 27.2 Å². The number of benzene rings is 1. The summed E-state index contributed by atoms with van der Waals surface area (Å²) in [5.74, 6) is 1.10. The van der Waals surface area contributed by atoms with Crippen LogP contribution in [0.15, 0.2) is 24.5 Å². The first kappa shape index (κ1) is 15.1. The van der Waals surface area contributed by atoms with Gasteiger partial charge in [-0.1, -0.05) is 13.0 Å². The Labute approximate surface area is 125 Å². The van der Waals surface area contributed by atoms with Gasteiger partial charge in [-0.25, -0.2) is 4.98 Å². The van der Waals surface area contributed by atoms with Gasteiger partial charge in [-0.3, -0.25) is 0 Å². The van der Waals surface area contributed by atoms with Crippen molar-refractivity contribution in [1.29, 1.82) is 0 Å². The topological polar surface area (TPSA) is 64.3 Å². The van der Waals surface area contributed by atoms with E-state index in [9.17, 15) is 0 Å². The third-order valence-electron chi connectivity index (χ3n) is 3.18. The van der Waals surface area contributed by atoms with Crippen LogP contribution < -0.4 is 15.4 Å². The van der Waals surface area contributed by atoms with Gasteiger partial charge in [-0.2, -0.15) is 4.98 Å². The highest BCUT2D eigenvalue weighted by Crippen LogP contribution is 2.32. The van der Waals surface area contributed by atoms with Crippen molar-refractivity contribution in [1.82, 2.24) is 9.97 Å². The zero-order valence-electron chi connectivity index (χ0n) is 13.1. The van der Waals surface area contributed by atoms with Gasteiger partial charge in [0.05, 0.1) is 6.61 Å². The van der Waals surface area contributed by atoms with Gasteiger partial charge >= 0.3 is 0 Å². The molecule has 0 saturated carbocycles. The monoisotopic (exact) mass is 286 g/mol. The van der Waals surface area contributed by atoms with Crippen molar-refractivity contribution in [2.75, 3.05) is 24.3 Å². The Morgan fingerprint density at radius 1 is 1.14 bits per heavy atom. The van der Waals surface area contributed by atoms with Gasteiger partial charge in [-0.15, -0.1) is 0 Å². The second-order valence-electron chi connectivity index (χ2n) is 5.17. The molecule has 1 aromatic carbocycles. The highest BCUT2D eigenvalue weighted by atomic mass is 16.5. The van der Waals surface area contributed by atoms with Crippen molar-refractivity contribution >= 4 is 17.2 Å². The van der Waals surface area contributed by atoms with Crippen LogP contribution >= 0.6 is 0 Å². The lowest BCUT2D eigenvalue weighted by Gasteiger charge is -2.21. The van der Waals surface area contributed by atoms with Crippen LogP contribution in [0.25, 0.3) is 0 Å². The van der Waals surface area contributed by atoms with E-state index in [2.05, 4.69) is 42.0 Å². The van der Waals surface area contributed by atoms with Crippen molar-refractivity contribution < 1.29 is 4.74 Å². The molecule has 2 N–H and O–H groups in total. The van der Waals surface area contributed by atoms with Crippen LogP contribution in [-0.2, 0) is 0 Å². The Kier molecular flexibility index (Phi) is 4.62. The third kappa shape index (κ3) is 3.42. The summed E-state index contributed by atoms with van der Waals surface area (Å²) in [7, 11) is 1.94. The van der Waals surface area contributed by atoms with Crippen molar-refractivity contribution in [3.8, 4) is 5.88 Å². The first-order chi connectivity index (χ1) is 10.0. The van der Waals surface area contributed by atoms with Crippen LogP contribution in [0, 0.1) is 13.8 Å². The van der Waals surface area contributed by atoms with E-state index >= 15 is 0 Å². The molecule has 0 aliphatic rings. The molecule has 0 unspecified atom stereocenters. The lowest BCUT2D eigenvalue weighted by atomic mass is 10.1. The fourth-order valence-corrected chi connectivity index (χ4v) is 2.22. The SMILES string of the molecule is CCCOc1ncnc(N(C)c2cc(C)cc(C)c2)c1N. The average molecular weight is 286 g/mol. The molecular weight excluding hydrogens is 264 g/mol. The molecule has 1 heterocycles. The molecule has 0 atom stereocenters. The van der Waals surface area contributed by atoms with Gasteiger partial charge in [-0.05, 0) is 43.5 Å². The summed E-state index contributed by atoms with van der Waals surface area (Å²) in [6.45, 7) is 6.78. The van der Waals surface area contributed by atoms with Gasteiger partial charge in [0.1, 0.15) is 12.0 Å². The quantitative estimate of drug-likeness (QED) is 0.914. The molecule has 1 aromatic heterocycles. The van der Waals surface area contributed by atoms with Crippen molar-refractivity contribution in [3.05, 3.63) is 35.7 Å². The summed E-state index contributed by atoms with van der Waals surface area (Å²) >= 11 is 0. The van der Waals surface area contributed by atoms with E-state index < -0.39 is 0 Å². The molecule has 0 aliphatic carbocycles. The molecule has 0 bridgehead atoms. The summed E-state index contributed by atoms with van der Waals surface area (Å²) in [5, 5.41) is 0. The number of nitrogens with two attached hydrogens (primary N) is 1. The fourth-order valence-electron chi connectivity index (χ4n) is 2.22. The number of aryl methyl sites for hydroxylation is 2. The van der Waals surface area contributed by atoms with Crippen molar-refractivity contribution in [3.63, 3.8) is 0 Å². The number of aromatic nitrogens is 2. The summed E-state index contributed by atoms with van der Waals surface area (Å²) in [6, 6.07) is 6.33. The third-order valence-corrected chi connectivity index (χ3v) is 3.18. The molecule has 0 saturated heterocycles. The van der Waals surface area contributed by atoms with E-state index in [0.29, 0.717) is 24.0 Å².